The van der Waals surface area contributed by atoms with Crippen LogP contribution in [0.2, 0.25) is 0 Å². The first-order valence-corrected chi connectivity index (χ1v) is 7.61. The minimum Gasteiger partial charge on any atom is -0.477 e. The molecule has 0 saturated carbocycles. The number of carbonyl (C=O) groups excluding carboxylic acids is 2. The minimum atomic E-state index is -0.797. The summed E-state index contributed by atoms with van der Waals surface area (Å²) in [5, 5.41) is 2.52. The van der Waals surface area contributed by atoms with Gasteiger partial charge in [0, 0.05) is 7.05 Å². The van der Waals surface area contributed by atoms with Crippen LogP contribution in [-0.2, 0) is 16.0 Å². The number of halogens is 1. The predicted octanol–water partition coefficient (Wildman–Crippen LogP) is 1.91. The van der Waals surface area contributed by atoms with Crippen LogP contribution in [0.25, 0.3) is 0 Å². The summed E-state index contributed by atoms with van der Waals surface area (Å²) >= 11 is 0. The molecule has 24 heavy (non-hydrogen) atoms. The summed E-state index contributed by atoms with van der Waals surface area (Å²) in [6.07, 6.45) is -0.879. The van der Waals surface area contributed by atoms with Gasteiger partial charge in [-0.2, -0.15) is 0 Å². The number of fused-ring (bicyclic) bond motifs is 1. The third-order valence-electron chi connectivity index (χ3n) is 3.91. The van der Waals surface area contributed by atoms with Crippen LogP contribution in [0.15, 0.2) is 48.5 Å². The molecule has 1 heterocycles. The Morgan fingerprint density at radius 3 is 2.67 bits per heavy atom. The summed E-state index contributed by atoms with van der Waals surface area (Å²) in [6.45, 7) is 0.0873. The van der Waals surface area contributed by atoms with Crippen LogP contribution in [-0.4, -0.2) is 31.5 Å². The van der Waals surface area contributed by atoms with Crippen LogP contribution in [0.1, 0.15) is 5.56 Å². The van der Waals surface area contributed by atoms with Gasteiger partial charge in [-0.1, -0.05) is 30.3 Å². The van der Waals surface area contributed by atoms with Gasteiger partial charge in [0.25, 0.3) is 5.91 Å². The number of para-hydroxylation sites is 2. The number of rotatable bonds is 3. The first-order valence-electron chi connectivity index (χ1n) is 7.61. The van der Waals surface area contributed by atoms with E-state index >= 15 is 0 Å². The molecule has 1 atom stereocenters. The quantitative estimate of drug-likeness (QED) is 0.936. The molecule has 2 aromatic carbocycles. The molecule has 0 spiro atoms. The van der Waals surface area contributed by atoms with E-state index in [-0.39, 0.29) is 24.8 Å². The van der Waals surface area contributed by atoms with Gasteiger partial charge in [0.1, 0.15) is 11.6 Å². The number of ether oxygens (including phenoxy) is 1. The van der Waals surface area contributed by atoms with Crippen LogP contribution in [0.4, 0.5) is 10.1 Å². The number of nitrogens with one attached hydrogen (secondary N) is 1. The lowest BCUT2D eigenvalue weighted by Gasteiger charge is -2.34. The van der Waals surface area contributed by atoms with Crippen LogP contribution in [0.3, 0.4) is 0 Å². The molecule has 1 N–H and O–H groups in total. The average molecular weight is 328 g/mol. The molecule has 0 unspecified atom stereocenters. The molecule has 2 amide bonds. The highest BCUT2D eigenvalue weighted by Crippen LogP contribution is 2.33. The number of benzene rings is 2. The molecule has 1 aliphatic rings. The Bertz CT molecular complexity index is 778. The summed E-state index contributed by atoms with van der Waals surface area (Å²) in [5.41, 5.74) is 0.905. The molecule has 0 saturated heterocycles. The van der Waals surface area contributed by atoms with E-state index < -0.39 is 11.9 Å². The zero-order valence-corrected chi connectivity index (χ0v) is 13.2. The van der Waals surface area contributed by atoms with Gasteiger partial charge < -0.3 is 15.0 Å². The van der Waals surface area contributed by atoms with Gasteiger partial charge in [0.05, 0.1) is 18.7 Å². The molecule has 124 valence electrons. The zero-order chi connectivity index (χ0) is 17.1. The number of nitrogens with zero attached hydrogens (tertiary/aromatic N) is 1. The van der Waals surface area contributed by atoms with E-state index in [1.54, 1.807) is 42.5 Å². The van der Waals surface area contributed by atoms with Gasteiger partial charge in [0.15, 0.2) is 6.10 Å². The molecule has 2 aromatic rings. The number of hydrogen-bond acceptors (Lipinski definition) is 3. The van der Waals surface area contributed by atoms with E-state index in [4.69, 9.17) is 4.74 Å². The maximum atomic E-state index is 13.8. The van der Waals surface area contributed by atoms with E-state index in [9.17, 15) is 14.0 Å². The SMILES string of the molecule is CNC(=O)[C@@H]1CN(C(=O)Cc2ccccc2F)c2ccccc2O1. The van der Waals surface area contributed by atoms with Crippen molar-refractivity contribution in [3.8, 4) is 5.75 Å². The Balaban J connectivity index is 1.89. The molecule has 0 bridgehead atoms. The molecule has 3 rings (SSSR count). The summed E-state index contributed by atoms with van der Waals surface area (Å²) < 4.78 is 19.5. The lowest BCUT2D eigenvalue weighted by Crippen LogP contribution is -2.50. The summed E-state index contributed by atoms with van der Waals surface area (Å²) in [5.74, 6) is -0.563. The van der Waals surface area contributed by atoms with Crippen molar-refractivity contribution in [3.63, 3.8) is 0 Å². The topological polar surface area (TPSA) is 58.6 Å². The van der Waals surface area contributed by atoms with E-state index in [2.05, 4.69) is 5.32 Å². The third kappa shape index (κ3) is 3.08. The molecular formula is C18H17FN2O3. The van der Waals surface area contributed by atoms with Gasteiger partial charge in [-0.25, -0.2) is 4.39 Å². The molecule has 0 aliphatic carbocycles. The Morgan fingerprint density at radius 2 is 1.92 bits per heavy atom. The van der Waals surface area contributed by atoms with Gasteiger partial charge in [-0.05, 0) is 23.8 Å². The fourth-order valence-electron chi connectivity index (χ4n) is 2.67. The summed E-state index contributed by atoms with van der Waals surface area (Å²) in [4.78, 5) is 26.1. The van der Waals surface area contributed by atoms with E-state index in [0.717, 1.165) is 0 Å². The lowest BCUT2D eigenvalue weighted by molar-refractivity contribution is -0.127. The number of likely N-dealkylation sites (N-methyl/N-ethyl adjacent to an activating group) is 1. The van der Waals surface area contributed by atoms with Crippen molar-refractivity contribution in [2.45, 2.75) is 12.5 Å². The monoisotopic (exact) mass is 328 g/mol. The molecule has 1 aliphatic heterocycles. The highest BCUT2D eigenvalue weighted by atomic mass is 19.1. The number of anilines is 1. The first kappa shape index (κ1) is 16.0. The van der Waals surface area contributed by atoms with Crippen molar-refractivity contribution in [3.05, 3.63) is 59.9 Å². The predicted molar refractivity (Wildman–Crippen MR) is 87.4 cm³/mol. The van der Waals surface area contributed by atoms with Crippen molar-refractivity contribution in [2.75, 3.05) is 18.5 Å². The van der Waals surface area contributed by atoms with Gasteiger partial charge >= 0.3 is 0 Å². The largest absolute Gasteiger partial charge is 0.477 e. The normalized spacial score (nSPS) is 16.1. The minimum absolute atomic E-state index is 0.0819. The maximum Gasteiger partial charge on any atom is 0.262 e. The van der Waals surface area contributed by atoms with Crippen molar-refractivity contribution >= 4 is 17.5 Å². The lowest BCUT2D eigenvalue weighted by atomic mass is 10.1. The maximum absolute atomic E-state index is 13.8. The molecule has 6 heteroatoms. The smallest absolute Gasteiger partial charge is 0.262 e. The van der Waals surface area contributed by atoms with E-state index in [1.165, 1.54) is 18.0 Å². The highest BCUT2D eigenvalue weighted by molar-refractivity contribution is 5.98. The summed E-state index contributed by atoms with van der Waals surface area (Å²) in [6, 6.07) is 13.2. The molecule has 0 radical (unpaired) electrons. The highest BCUT2D eigenvalue weighted by Gasteiger charge is 2.33. The van der Waals surface area contributed by atoms with Gasteiger partial charge in [-0.15, -0.1) is 0 Å². The van der Waals surface area contributed by atoms with Crippen molar-refractivity contribution < 1.29 is 18.7 Å². The van der Waals surface area contributed by atoms with E-state index in [0.29, 0.717) is 17.0 Å². The van der Waals surface area contributed by atoms with Crippen molar-refractivity contribution in [2.24, 2.45) is 0 Å². The summed E-state index contributed by atoms with van der Waals surface area (Å²) in [7, 11) is 1.51. The van der Waals surface area contributed by atoms with Crippen molar-refractivity contribution in [1.82, 2.24) is 5.32 Å². The standard InChI is InChI=1S/C18H17FN2O3/c1-20-18(23)16-11-21(14-8-4-5-9-15(14)24-16)17(22)10-12-6-2-3-7-13(12)19/h2-9,16H,10-11H2,1H3,(H,20,23)/t16-/m0/s1. The molecular weight excluding hydrogens is 311 g/mol. The second-order valence-corrected chi connectivity index (χ2v) is 5.46. The van der Waals surface area contributed by atoms with Gasteiger partial charge in [-0.3, -0.25) is 9.59 Å². The average Bonchev–Trinajstić information content (AvgIpc) is 2.61. The first-order chi connectivity index (χ1) is 11.6. The number of hydrogen-bond donors (Lipinski definition) is 1. The van der Waals surface area contributed by atoms with Crippen molar-refractivity contribution in [1.29, 1.82) is 0 Å². The second kappa shape index (κ2) is 6.70. The molecule has 0 aromatic heterocycles. The van der Waals surface area contributed by atoms with Crippen LogP contribution < -0.4 is 15.0 Å². The fraction of sp³-hybridized carbons (Fsp3) is 0.222. The Hall–Kier alpha value is -2.89. The Kier molecular flexibility index (Phi) is 4.46. The zero-order valence-electron chi connectivity index (χ0n) is 13.2. The third-order valence-corrected chi connectivity index (χ3v) is 3.91. The molecule has 0 fully saturated rings. The van der Waals surface area contributed by atoms with Crippen LogP contribution in [0, 0.1) is 5.82 Å². The Morgan fingerprint density at radius 1 is 1.21 bits per heavy atom. The van der Waals surface area contributed by atoms with E-state index in [1.807, 2.05) is 0 Å². The van der Waals surface area contributed by atoms with Gasteiger partial charge in [0.2, 0.25) is 5.91 Å². The fourth-order valence-corrected chi connectivity index (χ4v) is 2.67. The Labute approximate surface area is 139 Å². The van der Waals surface area contributed by atoms with Crippen LogP contribution in [0.5, 0.6) is 5.75 Å². The number of carbonyl (C=O) groups is 2. The van der Waals surface area contributed by atoms with Crippen LogP contribution >= 0.6 is 0 Å². The second-order valence-electron chi connectivity index (χ2n) is 5.46. The molecule has 5 nitrogen and oxygen atoms in total. The number of amides is 2.